The van der Waals surface area contributed by atoms with Crippen molar-refractivity contribution in [3.63, 3.8) is 0 Å². The van der Waals surface area contributed by atoms with E-state index < -0.39 is 0 Å². The van der Waals surface area contributed by atoms with Gasteiger partial charge in [-0.1, -0.05) is 13.8 Å². The van der Waals surface area contributed by atoms with Gasteiger partial charge in [0.1, 0.15) is 0 Å². The minimum atomic E-state index is 0.641. The first-order valence-electron chi connectivity index (χ1n) is 7.11. The molecule has 0 saturated carbocycles. The number of piperazine rings is 1. The normalized spacial score (nSPS) is 25.6. The van der Waals surface area contributed by atoms with Gasteiger partial charge in [0, 0.05) is 38.8 Å². The van der Waals surface area contributed by atoms with Crippen LogP contribution in [0.3, 0.4) is 0 Å². The molecular weight excluding hydrogens is 224 g/mol. The second-order valence-electron chi connectivity index (χ2n) is 5.41. The Kier molecular flexibility index (Phi) is 4.40. The van der Waals surface area contributed by atoms with Crippen molar-refractivity contribution in [1.82, 2.24) is 20.0 Å². The van der Waals surface area contributed by atoms with E-state index in [0.29, 0.717) is 12.1 Å². The van der Waals surface area contributed by atoms with Crippen LogP contribution in [0.1, 0.15) is 38.1 Å². The number of nitrogens with one attached hydrogen (secondary N) is 1. The molecule has 18 heavy (non-hydrogen) atoms. The van der Waals surface area contributed by atoms with Crippen molar-refractivity contribution >= 4 is 0 Å². The molecule has 2 rings (SSSR count). The fourth-order valence-corrected chi connectivity index (χ4v) is 2.82. The van der Waals surface area contributed by atoms with Crippen molar-refractivity contribution in [3.8, 4) is 0 Å². The third-order valence-electron chi connectivity index (χ3n) is 4.04. The minimum absolute atomic E-state index is 0.641. The zero-order valence-electron chi connectivity index (χ0n) is 12.1. The molecule has 102 valence electrons. The van der Waals surface area contributed by atoms with Crippen molar-refractivity contribution in [3.05, 3.63) is 17.5 Å². The zero-order valence-corrected chi connectivity index (χ0v) is 12.1. The molecule has 1 fully saturated rings. The third kappa shape index (κ3) is 2.93. The summed E-state index contributed by atoms with van der Waals surface area (Å²) in [6.45, 7) is 9.89. The first-order chi connectivity index (χ1) is 8.63. The van der Waals surface area contributed by atoms with E-state index in [1.807, 2.05) is 11.7 Å². The second-order valence-corrected chi connectivity index (χ2v) is 5.41. The van der Waals surface area contributed by atoms with Crippen LogP contribution in [0.2, 0.25) is 0 Å². The first kappa shape index (κ1) is 13.6. The molecular formula is C14H26N4. The fraction of sp³-hybridized carbons (Fsp3) is 0.786. The summed E-state index contributed by atoms with van der Waals surface area (Å²) in [6, 6.07) is 3.50. The Morgan fingerprint density at radius 3 is 2.72 bits per heavy atom. The van der Waals surface area contributed by atoms with Crippen molar-refractivity contribution in [2.75, 3.05) is 13.1 Å². The third-order valence-corrected chi connectivity index (χ3v) is 4.04. The lowest BCUT2D eigenvalue weighted by molar-refractivity contribution is 0.114. The van der Waals surface area contributed by atoms with Crippen LogP contribution in [0.5, 0.6) is 0 Å². The number of hydrogen-bond acceptors (Lipinski definition) is 3. The molecule has 2 heterocycles. The lowest BCUT2D eigenvalue weighted by Crippen LogP contribution is -2.55. The van der Waals surface area contributed by atoms with Crippen molar-refractivity contribution < 1.29 is 0 Å². The van der Waals surface area contributed by atoms with E-state index in [1.165, 1.54) is 18.5 Å². The largest absolute Gasteiger partial charge is 0.311 e. The molecule has 1 aliphatic heterocycles. The van der Waals surface area contributed by atoms with Gasteiger partial charge in [0.15, 0.2) is 0 Å². The molecule has 4 nitrogen and oxygen atoms in total. The van der Waals surface area contributed by atoms with E-state index in [-0.39, 0.29) is 0 Å². The molecule has 0 aromatic carbocycles. The number of hydrogen-bond donors (Lipinski definition) is 1. The van der Waals surface area contributed by atoms with E-state index in [4.69, 9.17) is 0 Å². The lowest BCUT2D eigenvalue weighted by atomic mass is 10.0. The topological polar surface area (TPSA) is 33.1 Å². The maximum atomic E-state index is 4.44. The van der Waals surface area contributed by atoms with Crippen LogP contribution in [-0.2, 0) is 13.6 Å². The fourth-order valence-electron chi connectivity index (χ4n) is 2.82. The van der Waals surface area contributed by atoms with Gasteiger partial charge in [0.2, 0.25) is 0 Å². The summed E-state index contributed by atoms with van der Waals surface area (Å²) in [5.41, 5.74) is 2.44. The van der Waals surface area contributed by atoms with Crippen LogP contribution in [0, 0.1) is 6.92 Å². The van der Waals surface area contributed by atoms with Crippen molar-refractivity contribution in [2.24, 2.45) is 7.05 Å². The zero-order chi connectivity index (χ0) is 13.1. The van der Waals surface area contributed by atoms with Gasteiger partial charge in [-0.05, 0) is 25.8 Å². The highest BCUT2D eigenvalue weighted by Gasteiger charge is 2.26. The monoisotopic (exact) mass is 250 g/mol. The Hall–Kier alpha value is -0.870. The molecule has 1 aromatic heterocycles. The van der Waals surface area contributed by atoms with Crippen LogP contribution in [-0.4, -0.2) is 39.9 Å². The minimum Gasteiger partial charge on any atom is -0.311 e. The van der Waals surface area contributed by atoms with E-state index in [1.54, 1.807) is 0 Å². The number of aryl methyl sites for hydroxylation is 2. The van der Waals surface area contributed by atoms with Crippen LogP contribution in [0.4, 0.5) is 0 Å². The summed E-state index contributed by atoms with van der Waals surface area (Å²) in [7, 11) is 2.04. The van der Waals surface area contributed by atoms with Gasteiger partial charge < -0.3 is 5.32 Å². The highest BCUT2D eigenvalue weighted by Crippen LogP contribution is 2.16. The molecule has 1 saturated heterocycles. The SMILES string of the molecule is CCC1CN(Cc2cc(C)nn2C)C(CC)CN1. The average molecular weight is 250 g/mol. The van der Waals surface area contributed by atoms with Gasteiger partial charge in [0.05, 0.1) is 11.4 Å². The molecule has 0 amide bonds. The number of aromatic nitrogens is 2. The Balaban J connectivity index is 2.06. The standard InChI is InChI=1S/C14H26N4/c1-5-12-9-18(13(6-2)8-15-12)10-14-7-11(3)16-17(14)4/h7,12-13,15H,5-6,8-10H2,1-4H3. The molecule has 0 radical (unpaired) electrons. The van der Waals surface area contributed by atoms with E-state index >= 15 is 0 Å². The molecule has 2 unspecified atom stereocenters. The quantitative estimate of drug-likeness (QED) is 0.883. The van der Waals surface area contributed by atoms with Gasteiger partial charge in [-0.15, -0.1) is 0 Å². The predicted molar refractivity (Wildman–Crippen MR) is 74.5 cm³/mol. The van der Waals surface area contributed by atoms with Crippen LogP contribution >= 0.6 is 0 Å². The molecule has 2 atom stereocenters. The average Bonchev–Trinajstić information content (AvgIpc) is 2.67. The maximum Gasteiger partial charge on any atom is 0.0597 e. The Morgan fingerprint density at radius 2 is 2.17 bits per heavy atom. The van der Waals surface area contributed by atoms with Crippen LogP contribution < -0.4 is 5.32 Å². The molecule has 1 aliphatic rings. The smallest absolute Gasteiger partial charge is 0.0597 e. The molecule has 0 aliphatic carbocycles. The Bertz CT molecular complexity index is 385. The van der Waals surface area contributed by atoms with Gasteiger partial charge in [-0.2, -0.15) is 5.10 Å². The number of nitrogens with zero attached hydrogens (tertiary/aromatic N) is 3. The van der Waals surface area contributed by atoms with E-state index in [0.717, 1.165) is 25.3 Å². The predicted octanol–water partition coefficient (Wildman–Crippen LogP) is 1.69. The second kappa shape index (κ2) is 5.85. The maximum absolute atomic E-state index is 4.44. The summed E-state index contributed by atoms with van der Waals surface area (Å²) >= 11 is 0. The van der Waals surface area contributed by atoms with E-state index in [2.05, 4.69) is 42.2 Å². The molecule has 0 spiro atoms. The van der Waals surface area contributed by atoms with Crippen molar-refractivity contribution in [1.29, 1.82) is 0 Å². The van der Waals surface area contributed by atoms with Crippen LogP contribution in [0.15, 0.2) is 6.07 Å². The summed E-state index contributed by atoms with van der Waals surface area (Å²) < 4.78 is 2.02. The van der Waals surface area contributed by atoms with Crippen LogP contribution in [0.25, 0.3) is 0 Å². The summed E-state index contributed by atoms with van der Waals surface area (Å²) in [5.74, 6) is 0. The molecule has 1 N–H and O–H groups in total. The Labute approximate surface area is 110 Å². The van der Waals surface area contributed by atoms with Gasteiger partial charge in [0.25, 0.3) is 0 Å². The number of rotatable bonds is 4. The molecule has 0 bridgehead atoms. The Morgan fingerprint density at radius 1 is 1.39 bits per heavy atom. The highest BCUT2D eigenvalue weighted by molar-refractivity contribution is 5.09. The summed E-state index contributed by atoms with van der Waals surface area (Å²) in [6.07, 6.45) is 2.41. The summed E-state index contributed by atoms with van der Waals surface area (Å²) in [4.78, 5) is 2.61. The van der Waals surface area contributed by atoms with Crippen molar-refractivity contribution in [2.45, 2.75) is 52.2 Å². The van der Waals surface area contributed by atoms with Gasteiger partial charge in [-0.25, -0.2) is 0 Å². The lowest BCUT2D eigenvalue weighted by Gasteiger charge is -2.39. The van der Waals surface area contributed by atoms with E-state index in [9.17, 15) is 0 Å². The molecule has 4 heteroatoms. The molecule has 1 aromatic rings. The first-order valence-corrected chi connectivity index (χ1v) is 7.11. The summed E-state index contributed by atoms with van der Waals surface area (Å²) in [5, 5.41) is 8.08. The van der Waals surface area contributed by atoms with Gasteiger partial charge in [-0.3, -0.25) is 9.58 Å². The highest BCUT2D eigenvalue weighted by atomic mass is 15.3. The van der Waals surface area contributed by atoms with Gasteiger partial charge >= 0.3 is 0 Å².